The summed E-state index contributed by atoms with van der Waals surface area (Å²) in [6.45, 7) is 2.02. The number of nitrogens with zero attached hydrogens (tertiary/aromatic N) is 2. The van der Waals surface area contributed by atoms with Gasteiger partial charge in [0.05, 0.1) is 11.4 Å². The summed E-state index contributed by atoms with van der Waals surface area (Å²) in [5.41, 5.74) is 3.25. The normalized spacial score (nSPS) is 15.8. The fourth-order valence-corrected chi connectivity index (χ4v) is 3.56. The summed E-state index contributed by atoms with van der Waals surface area (Å²) in [7, 11) is -3.91. The second-order valence-electron chi connectivity index (χ2n) is 5.75. The topological polar surface area (TPSA) is 120 Å². The molecule has 0 spiro atoms. The maximum absolute atomic E-state index is 11.0. The van der Waals surface area contributed by atoms with Gasteiger partial charge in [-0.3, -0.25) is 14.7 Å². The fourth-order valence-electron chi connectivity index (χ4n) is 3.06. The van der Waals surface area contributed by atoms with Gasteiger partial charge in [0.1, 0.15) is 0 Å². The fraction of sp³-hybridized carbons (Fsp3) is 0.429. The molecule has 0 saturated heterocycles. The molecule has 0 saturated carbocycles. The molecule has 3 N–H and O–H groups in total. The van der Waals surface area contributed by atoms with E-state index in [1.807, 2.05) is 0 Å². The molecule has 8 nitrogen and oxygen atoms in total. The third-order valence-electron chi connectivity index (χ3n) is 4.14. The number of benzene rings is 1. The van der Waals surface area contributed by atoms with E-state index in [9.17, 15) is 13.6 Å². The van der Waals surface area contributed by atoms with E-state index in [0.29, 0.717) is 19.5 Å². The lowest BCUT2D eigenvalue weighted by atomic mass is 10.0. The molecule has 0 radical (unpaired) electrons. The standard InChI is InChI=1S/C14H18N3O5S/c18-17(19)10-2-3-13-12(8-10)11-4-6-16(9-14(11)15-13)5-1-7-23(20,21)22/h2-3,8,15,18H,1,4-7,9H2,(H,20,21,22)/q-1. The van der Waals surface area contributed by atoms with Crippen molar-refractivity contribution in [1.29, 1.82) is 0 Å². The zero-order valence-corrected chi connectivity index (χ0v) is 13.2. The van der Waals surface area contributed by atoms with Crippen molar-refractivity contribution in [2.24, 2.45) is 0 Å². The highest BCUT2D eigenvalue weighted by Gasteiger charge is 2.21. The molecule has 1 aliphatic heterocycles. The van der Waals surface area contributed by atoms with Crippen LogP contribution >= 0.6 is 0 Å². The van der Waals surface area contributed by atoms with Gasteiger partial charge < -0.3 is 15.4 Å². The summed E-state index contributed by atoms with van der Waals surface area (Å²) in [5.74, 6) is -0.234. The van der Waals surface area contributed by atoms with Crippen molar-refractivity contribution in [1.82, 2.24) is 9.88 Å². The van der Waals surface area contributed by atoms with Gasteiger partial charge in [0.25, 0.3) is 10.1 Å². The molecule has 0 unspecified atom stereocenters. The van der Waals surface area contributed by atoms with Crippen molar-refractivity contribution in [2.45, 2.75) is 19.4 Å². The Balaban J connectivity index is 1.75. The van der Waals surface area contributed by atoms with Crippen molar-refractivity contribution in [3.8, 4) is 0 Å². The Morgan fingerprint density at radius 3 is 2.87 bits per heavy atom. The summed E-state index contributed by atoms with van der Waals surface area (Å²) in [6.07, 6.45) is 1.16. The monoisotopic (exact) mass is 340 g/mol. The predicted octanol–water partition coefficient (Wildman–Crippen LogP) is 1.50. The van der Waals surface area contributed by atoms with Gasteiger partial charge in [0.2, 0.25) is 0 Å². The van der Waals surface area contributed by atoms with Crippen LogP contribution in [0.25, 0.3) is 10.9 Å². The van der Waals surface area contributed by atoms with Crippen LogP contribution in [0.3, 0.4) is 0 Å². The average molecular weight is 340 g/mol. The number of nitrogens with one attached hydrogen (secondary N) is 1. The Morgan fingerprint density at radius 1 is 1.39 bits per heavy atom. The minimum atomic E-state index is -3.91. The molecular weight excluding hydrogens is 322 g/mol. The molecule has 1 aromatic carbocycles. The Bertz CT molecular complexity index is 815. The van der Waals surface area contributed by atoms with Crippen LogP contribution in [-0.2, 0) is 23.1 Å². The van der Waals surface area contributed by atoms with E-state index in [2.05, 4.69) is 9.88 Å². The van der Waals surface area contributed by atoms with Crippen LogP contribution in [0.5, 0.6) is 0 Å². The SMILES string of the molecule is O=S(=O)(O)CCCN1CCc2c([nH]c3ccc(N([O-])O)cc23)C1. The van der Waals surface area contributed by atoms with Gasteiger partial charge >= 0.3 is 0 Å². The van der Waals surface area contributed by atoms with Gasteiger partial charge in [0, 0.05) is 29.7 Å². The Hall–Kier alpha value is -1.65. The molecule has 0 fully saturated rings. The molecule has 0 bridgehead atoms. The van der Waals surface area contributed by atoms with E-state index >= 15 is 0 Å². The number of rotatable bonds is 5. The van der Waals surface area contributed by atoms with Crippen LogP contribution in [0.1, 0.15) is 17.7 Å². The smallest absolute Gasteiger partial charge is 0.264 e. The Kier molecular flexibility index (Phi) is 4.30. The number of hydrogen-bond acceptors (Lipinski definition) is 6. The number of aromatic nitrogens is 1. The largest absolute Gasteiger partial charge is 0.733 e. The quantitative estimate of drug-likeness (QED) is 0.557. The maximum atomic E-state index is 11.0. The molecule has 0 amide bonds. The first-order valence-corrected chi connectivity index (χ1v) is 8.91. The number of H-pyrrole nitrogens is 1. The molecule has 1 aliphatic rings. The van der Waals surface area contributed by atoms with E-state index in [4.69, 9.17) is 9.76 Å². The summed E-state index contributed by atoms with van der Waals surface area (Å²) in [5, 5.41) is 20.8. The summed E-state index contributed by atoms with van der Waals surface area (Å²) in [4.78, 5) is 5.43. The Labute approximate surface area is 133 Å². The number of anilines is 1. The second-order valence-corrected chi connectivity index (χ2v) is 7.32. The summed E-state index contributed by atoms with van der Waals surface area (Å²) < 4.78 is 30.3. The van der Waals surface area contributed by atoms with Crippen LogP contribution < -0.4 is 5.23 Å². The molecule has 2 heterocycles. The van der Waals surface area contributed by atoms with Crippen molar-refractivity contribution in [3.63, 3.8) is 0 Å². The highest BCUT2D eigenvalue weighted by atomic mass is 32.2. The van der Waals surface area contributed by atoms with E-state index in [-0.39, 0.29) is 16.7 Å². The minimum Gasteiger partial charge on any atom is -0.733 e. The lowest BCUT2D eigenvalue weighted by molar-refractivity contribution is 0.252. The summed E-state index contributed by atoms with van der Waals surface area (Å²) in [6, 6.07) is 4.96. The van der Waals surface area contributed by atoms with E-state index in [0.717, 1.165) is 35.1 Å². The highest BCUT2D eigenvalue weighted by Crippen LogP contribution is 2.30. The molecule has 9 heteroatoms. The molecule has 0 aliphatic carbocycles. The Morgan fingerprint density at radius 2 is 2.17 bits per heavy atom. The molecule has 126 valence electrons. The number of aromatic amines is 1. The van der Waals surface area contributed by atoms with E-state index in [1.165, 1.54) is 0 Å². The number of hydrogen-bond donors (Lipinski definition) is 3. The third-order valence-corrected chi connectivity index (χ3v) is 4.94. The maximum Gasteiger partial charge on any atom is 0.264 e. The molecule has 23 heavy (non-hydrogen) atoms. The summed E-state index contributed by atoms with van der Waals surface area (Å²) >= 11 is 0. The molecule has 0 atom stereocenters. The number of fused-ring (bicyclic) bond motifs is 3. The van der Waals surface area contributed by atoms with Crippen LogP contribution in [0.15, 0.2) is 18.2 Å². The van der Waals surface area contributed by atoms with Crippen molar-refractivity contribution < 1.29 is 18.2 Å². The van der Waals surface area contributed by atoms with Gasteiger partial charge in [-0.1, -0.05) is 0 Å². The second kappa shape index (κ2) is 6.10. The molecule has 3 rings (SSSR count). The average Bonchev–Trinajstić information content (AvgIpc) is 2.82. The van der Waals surface area contributed by atoms with E-state index < -0.39 is 10.1 Å². The van der Waals surface area contributed by atoms with Crippen molar-refractivity contribution in [3.05, 3.63) is 34.7 Å². The molecule has 2 aromatic rings. The third kappa shape index (κ3) is 3.65. The zero-order chi connectivity index (χ0) is 16.6. The first kappa shape index (κ1) is 16.2. The predicted molar refractivity (Wildman–Crippen MR) is 85.9 cm³/mol. The van der Waals surface area contributed by atoms with Gasteiger partial charge in [-0.05, 0) is 43.1 Å². The highest BCUT2D eigenvalue weighted by molar-refractivity contribution is 7.85. The minimum absolute atomic E-state index is 0.150. The molecule has 1 aromatic heterocycles. The van der Waals surface area contributed by atoms with Gasteiger partial charge in [0.15, 0.2) is 0 Å². The first-order valence-electron chi connectivity index (χ1n) is 7.30. The van der Waals surface area contributed by atoms with Crippen molar-refractivity contribution in [2.75, 3.05) is 24.1 Å². The van der Waals surface area contributed by atoms with Crippen molar-refractivity contribution >= 4 is 26.7 Å². The van der Waals surface area contributed by atoms with Crippen LogP contribution in [0.4, 0.5) is 5.69 Å². The van der Waals surface area contributed by atoms with Gasteiger partial charge in [-0.25, -0.2) is 0 Å². The zero-order valence-electron chi connectivity index (χ0n) is 12.4. The van der Waals surface area contributed by atoms with Crippen LogP contribution in [0.2, 0.25) is 0 Å². The van der Waals surface area contributed by atoms with Gasteiger partial charge in [-0.15, -0.1) is 0 Å². The van der Waals surface area contributed by atoms with Gasteiger partial charge in [-0.2, -0.15) is 8.42 Å². The van der Waals surface area contributed by atoms with Crippen LogP contribution in [0, 0.1) is 5.21 Å². The van der Waals surface area contributed by atoms with E-state index in [1.54, 1.807) is 18.2 Å². The first-order chi connectivity index (χ1) is 10.8. The molecular formula is C14H18N3O5S-. The van der Waals surface area contributed by atoms with Crippen LogP contribution in [-0.4, -0.2) is 46.9 Å². The lowest BCUT2D eigenvalue weighted by Crippen LogP contribution is -2.32. The lowest BCUT2D eigenvalue weighted by Gasteiger charge is -2.26.